The standard InChI is InChI=1S/C18H23N3O2S/c1-12(11-22-3)19-18(24)21-20-13(2)14-5-6-16-10-17(23-4)8-7-15(16)9-14/h5-10,12H,11H2,1-4H3,(H2,19,21,24)/b20-13-/t12-/m0/s1. The van der Waals surface area contributed by atoms with E-state index in [0.717, 1.165) is 27.8 Å². The van der Waals surface area contributed by atoms with Crippen LogP contribution in [0.5, 0.6) is 5.75 Å². The maximum absolute atomic E-state index is 5.25. The molecule has 5 nitrogen and oxygen atoms in total. The third kappa shape index (κ3) is 4.91. The lowest BCUT2D eigenvalue weighted by molar-refractivity contribution is 0.179. The molecule has 0 fully saturated rings. The van der Waals surface area contributed by atoms with Crippen molar-refractivity contribution < 1.29 is 9.47 Å². The van der Waals surface area contributed by atoms with Gasteiger partial charge in [0.05, 0.1) is 19.4 Å². The molecule has 0 unspecified atom stereocenters. The molecule has 0 aliphatic heterocycles. The second-order valence-electron chi connectivity index (χ2n) is 5.57. The molecule has 0 aliphatic carbocycles. The lowest BCUT2D eigenvalue weighted by atomic mass is 10.0. The largest absolute Gasteiger partial charge is 0.497 e. The van der Waals surface area contributed by atoms with Gasteiger partial charge in [0.2, 0.25) is 0 Å². The van der Waals surface area contributed by atoms with Crippen molar-refractivity contribution in [1.29, 1.82) is 0 Å². The van der Waals surface area contributed by atoms with Crippen molar-refractivity contribution in [3.63, 3.8) is 0 Å². The predicted molar refractivity (Wildman–Crippen MR) is 103 cm³/mol. The fraction of sp³-hybridized carbons (Fsp3) is 0.333. The fourth-order valence-electron chi connectivity index (χ4n) is 2.32. The summed E-state index contributed by atoms with van der Waals surface area (Å²) in [6, 6.07) is 12.3. The van der Waals surface area contributed by atoms with Crippen LogP contribution in [0.1, 0.15) is 19.4 Å². The van der Waals surface area contributed by atoms with Crippen LogP contribution in [0.3, 0.4) is 0 Å². The summed E-state index contributed by atoms with van der Waals surface area (Å²) in [4.78, 5) is 0. The van der Waals surface area contributed by atoms with Gasteiger partial charge in [-0.3, -0.25) is 5.43 Å². The van der Waals surface area contributed by atoms with E-state index in [1.807, 2.05) is 38.1 Å². The molecule has 2 N–H and O–H groups in total. The molecule has 0 saturated carbocycles. The Morgan fingerprint density at radius 2 is 1.88 bits per heavy atom. The van der Waals surface area contributed by atoms with Crippen molar-refractivity contribution in [2.45, 2.75) is 19.9 Å². The van der Waals surface area contributed by atoms with Gasteiger partial charge in [-0.2, -0.15) is 5.10 Å². The van der Waals surface area contributed by atoms with Crippen LogP contribution in [0.4, 0.5) is 0 Å². The van der Waals surface area contributed by atoms with E-state index in [0.29, 0.717) is 11.7 Å². The van der Waals surface area contributed by atoms with Crippen molar-refractivity contribution in [3.8, 4) is 5.75 Å². The highest BCUT2D eigenvalue weighted by Gasteiger charge is 2.04. The molecule has 0 aromatic heterocycles. The van der Waals surface area contributed by atoms with Gasteiger partial charge in [-0.05, 0) is 60.6 Å². The van der Waals surface area contributed by atoms with E-state index in [1.165, 1.54) is 0 Å². The molecule has 0 heterocycles. The second kappa shape index (κ2) is 8.61. The summed E-state index contributed by atoms with van der Waals surface area (Å²) < 4.78 is 10.3. The Morgan fingerprint density at radius 1 is 1.17 bits per heavy atom. The average Bonchev–Trinajstić information content (AvgIpc) is 2.58. The summed E-state index contributed by atoms with van der Waals surface area (Å²) in [7, 11) is 3.33. The Hall–Kier alpha value is -2.18. The Morgan fingerprint density at radius 3 is 2.58 bits per heavy atom. The van der Waals surface area contributed by atoms with E-state index in [-0.39, 0.29) is 6.04 Å². The van der Waals surface area contributed by atoms with E-state index in [4.69, 9.17) is 21.7 Å². The number of nitrogens with zero attached hydrogens (tertiary/aromatic N) is 1. The van der Waals surface area contributed by atoms with Crippen LogP contribution < -0.4 is 15.5 Å². The summed E-state index contributed by atoms with van der Waals surface area (Å²) in [6.45, 7) is 4.52. The molecule has 2 aromatic rings. The highest BCUT2D eigenvalue weighted by Crippen LogP contribution is 2.22. The number of methoxy groups -OCH3 is 2. The molecule has 0 spiro atoms. The van der Waals surface area contributed by atoms with Crippen molar-refractivity contribution in [3.05, 3.63) is 42.0 Å². The normalized spacial score (nSPS) is 12.8. The summed E-state index contributed by atoms with van der Waals surface area (Å²) in [5, 5.41) is 10.2. The van der Waals surface area contributed by atoms with Crippen molar-refractivity contribution >= 4 is 33.8 Å². The predicted octanol–water partition coefficient (Wildman–Crippen LogP) is 3.07. The lowest BCUT2D eigenvalue weighted by Crippen LogP contribution is -2.40. The first-order valence-corrected chi connectivity index (χ1v) is 8.12. The minimum absolute atomic E-state index is 0.126. The van der Waals surface area contributed by atoms with Crippen LogP contribution in [0.2, 0.25) is 0 Å². The van der Waals surface area contributed by atoms with Crippen LogP contribution in [-0.4, -0.2) is 37.7 Å². The van der Waals surface area contributed by atoms with Crippen LogP contribution in [0.25, 0.3) is 10.8 Å². The minimum atomic E-state index is 0.126. The van der Waals surface area contributed by atoms with Gasteiger partial charge >= 0.3 is 0 Å². The maximum Gasteiger partial charge on any atom is 0.187 e. The zero-order valence-corrected chi connectivity index (χ0v) is 15.2. The Labute approximate surface area is 148 Å². The first kappa shape index (κ1) is 18.2. The quantitative estimate of drug-likeness (QED) is 0.479. The monoisotopic (exact) mass is 345 g/mol. The molecule has 128 valence electrons. The lowest BCUT2D eigenvalue weighted by Gasteiger charge is -2.14. The smallest absolute Gasteiger partial charge is 0.187 e. The number of nitrogens with one attached hydrogen (secondary N) is 2. The number of thiocarbonyl (C=S) groups is 1. The molecule has 6 heteroatoms. The molecule has 0 saturated heterocycles. The van der Waals surface area contributed by atoms with Gasteiger partial charge in [0.1, 0.15) is 5.75 Å². The summed E-state index contributed by atoms with van der Waals surface area (Å²) in [5.41, 5.74) is 4.76. The molecule has 0 bridgehead atoms. The van der Waals surface area contributed by atoms with Crippen LogP contribution in [0, 0.1) is 0 Å². The van der Waals surface area contributed by atoms with Gasteiger partial charge in [-0.15, -0.1) is 0 Å². The van der Waals surface area contributed by atoms with Gasteiger partial charge in [0, 0.05) is 13.2 Å². The van der Waals surface area contributed by atoms with Crippen molar-refractivity contribution in [2.24, 2.45) is 5.10 Å². The second-order valence-corrected chi connectivity index (χ2v) is 5.97. The number of hydrazone groups is 1. The first-order chi connectivity index (χ1) is 11.5. The van der Waals surface area contributed by atoms with E-state index < -0.39 is 0 Å². The van der Waals surface area contributed by atoms with Crippen LogP contribution in [-0.2, 0) is 4.74 Å². The van der Waals surface area contributed by atoms with Gasteiger partial charge in [0.15, 0.2) is 5.11 Å². The van der Waals surface area contributed by atoms with Gasteiger partial charge in [-0.25, -0.2) is 0 Å². The number of benzene rings is 2. The Kier molecular flexibility index (Phi) is 6.52. The van der Waals surface area contributed by atoms with Gasteiger partial charge in [-0.1, -0.05) is 18.2 Å². The van der Waals surface area contributed by atoms with Gasteiger partial charge in [0.25, 0.3) is 0 Å². The molecule has 0 amide bonds. The molecule has 2 rings (SSSR count). The van der Waals surface area contributed by atoms with Gasteiger partial charge < -0.3 is 14.8 Å². The maximum atomic E-state index is 5.25. The van der Waals surface area contributed by atoms with E-state index >= 15 is 0 Å². The zero-order chi connectivity index (χ0) is 17.5. The minimum Gasteiger partial charge on any atom is -0.497 e. The third-order valence-corrected chi connectivity index (χ3v) is 3.79. The number of ether oxygens (including phenoxy) is 2. The van der Waals surface area contributed by atoms with Crippen LogP contribution in [0.15, 0.2) is 41.5 Å². The third-order valence-electron chi connectivity index (χ3n) is 3.58. The Balaban J connectivity index is 2.07. The zero-order valence-electron chi connectivity index (χ0n) is 14.4. The molecule has 24 heavy (non-hydrogen) atoms. The summed E-state index contributed by atoms with van der Waals surface area (Å²) in [5.74, 6) is 0.851. The summed E-state index contributed by atoms with van der Waals surface area (Å²) in [6.07, 6.45) is 0. The average molecular weight is 345 g/mol. The summed E-state index contributed by atoms with van der Waals surface area (Å²) >= 11 is 5.22. The highest BCUT2D eigenvalue weighted by molar-refractivity contribution is 7.80. The molecule has 2 aromatic carbocycles. The molecule has 1 atom stereocenters. The van der Waals surface area contributed by atoms with E-state index in [2.05, 4.69) is 28.0 Å². The first-order valence-electron chi connectivity index (χ1n) is 7.71. The SMILES string of the molecule is COC[C@H](C)NC(=S)N/N=C(/C)c1ccc2cc(OC)ccc2c1. The van der Waals surface area contributed by atoms with E-state index in [1.54, 1.807) is 14.2 Å². The molecule has 0 aliphatic rings. The molecular formula is C18H23N3O2S. The highest BCUT2D eigenvalue weighted by atomic mass is 32.1. The van der Waals surface area contributed by atoms with Crippen molar-refractivity contribution in [1.82, 2.24) is 10.7 Å². The van der Waals surface area contributed by atoms with E-state index in [9.17, 15) is 0 Å². The Bertz CT molecular complexity index is 746. The number of rotatable bonds is 6. The van der Waals surface area contributed by atoms with Crippen molar-refractivity contribution in [2.75, 3.05) is 20.8 Å². The number of hydrogen-bond acceptors (Lipinski definition) is 4. The number of hydrogen-bond donors (Lipinski definition) is 2. The molecule has 0 radical (unpaired) electrons. The number of fused-ring (bicyclic) bond motifs is 1. The molecular weight excluding hydrogens is 322 g/mol. The van der Waals surface area contributed by atoms with Crippen LogP contribution >= 0.6 is 12.2 Å². The fourth-order valence-corrected chi connectivity index (χ4v) is 2.57. The topological polar surface area (TPSA) is 54.9 Å².